The SMILES string of the molecule is COc1ccc(C2CC(=O)c3cnc(NC(=O)c4ccc(Cl)cc4Cl)nc3C2)cc1. The monoisotopic (exact) mass is 441 g/mol. The second-order valence-corrected chi connectivity index (χ2v) is 7.78. The lowest BCUT2D eigenvalue weighted by molar-refractivity contribution is 0.0962. The molecule has 152 valence electrons. The number of nitrogens with zero attached hydrogens (tertiary/aromatic N) is 2. The smallest absolute Gasteiger partial charge is 0.259 e. The first-order valence-electron chi connectivity index (χ1n) is 9.24. The van der Waals surface area contributed by atoms with Crippen molar-refractivity contribution in [2.24, 2.45) is 0 Å². The lowest BCUT2D eigenvalue weighted by Gasteiger charge is -2.23. The Morgan fingerprint density at radius 3 is 2.60 bits per heavy atom. The average Bonchev–Trinajstić information content (AvgIpc) is 2.73. The molecule has 0 saturated carbocycles. The number of ketones is 1. The number of methoxy groups -OCH3 is 1. The van der Waals surface area contributed by atoms with Crippen molar-refractivity contribution in [2.45, 2.75) is 18.8 Å². The van der Waals surface area contributed by atoms with E-state index in [1.165, 1.54) is 18.3 Å². The maximum Gasteiger partial charge on any atom is 0.259 e. The summed E-state index contributed by atoms with van der Waals surface area (Å²) in [5, 5.41) is 3.30. The summed E-state index contributed by atoms with van der Waals surface area (Å²) >= 11 is 12.0. The zero-order chi connectivity index (χ0) is 21.3. The molecular formula is C22H17Cl2N3O3. The topological polar surface area (TPSA) is 81.2 Å². The molecule has 0 fully saturated rings. The summed E-state index contributed by atoms with van der Waals surface area (Å²) in [5.74, 6) is 0.406. The van der Waals surface area contributed by atoms with Gasteiger partial charge >= 0.3 is 0 Å². The Bertz CT molecular complexity index is 1130. The summed E-state index contributed by atoms with van der Waals surface area (Å²) in [5.41, 5.74) is 2.39. The molecule has 0 spiro atoms. The zero-order valence-corrected chi connectivity index (χ0v) is 17.5. The predicted molar refractivity (Wildman–Crippen MR) is 115 cm³/mol. The van der Waals surface area contributed by atoms with E-state index in [-0.39, 0.29) is 28.2 Å². The van der Waals surface area contributed by atoms with Crippen LogP contribution in [0.1, 0.15) is 44.3 Å². The molecule has 1 amide bonds. The van der Waals surface area contributed by atoms with Gasteiger partial charge in [-0.05, 0) is 48.2 Å². The lowest BCUT2D eigenvalue weighted by atomic mass is 9.82. The number of benzene rings is 2. The summed E-state index contributed by atoms with van der Waals surface area (Å²) in [6, 6.07) is 12.2. The second-order valence-electron chi connectivity index (χ2n) is 6.93. The zero-order valence-electron chi connectivity index (χ0n) is 16.0. The number of carbonyl (C=O) groups is 2. The fourth-order valence-corrected chi connectivity index (χ4v) is 3.95. The molecule has 4 rings (SSSR count). The number of aromatic nitrogens is 2. The van der Waals surface area contributed by atoms with Gasteiger partial charge in [-0.3, -0.25) is 14.9 Å². The molecule has 6 nitrogen and oxygen atoms in total. The molecule has 2 aromatic carbocycles. The van der Waals surface area contributed by atoms with E-state index in [1.54, 1.807) is 13.2 Å². The van der Waals surface area contributed by atoms with Crippen LogP contribution in [-0.4, -0.2) is 28.8 Å². The van der Waals surface area contributed by atoms with Gasteiger partial charge < -0.3 is 4.74 Å². The molecule has 0 saturated heterocycles. The summed E-state index contributed by atoms with van der Waals surface area (Å²) in [7, 11) is 1.61. The van der Waals surface area contributed by atoms with Crippen LogP contribution in [0.15, 0.2) is 48.7 Å². The number of nitrogens with one attached hydrogen (secondary N) is 1. The second kappa shape index (κ2) is 8.42. The van der Waals surface area contributed by atoms with E-state index in [0.29, 0.717) is 29.1 Å². The van der Waals surface area contributed by atoms with E-state index in [9.17, 15) is 9.59 Å². The number of halogens is 2. The third-order valence-corrected chi connectivity index (χ3v) is 5.58. The van der Waals surface area contributed by atoms with Gasteiger partial charge in [-0.15, -0.1) is 0 Å². The van der Waals surface area contributed by atoms with Crippen LogP contribution in [0.2, 0.25) is 10.0 Å². The van der Waals surface area contributed by atoms with Crippen LogP contribution in [0.3, 0.4) is 0 Å². The van der Waals surface area contributed by atoms with Gasteiger partial charge in [0.15, 0.2) is 5.78 Å². The number of rotatable bonds is 4. The number of hydrogen-bond donors (Lipinski definition) is 1. The van der Waals surface area contributed by atoms with Crippen molar-refractivity contribution in [2.75, 3.05) is 12.4 Å². The molecule has 1 aromatic heterocycles. The quantitative estimate of drug-likeness (QED) is 0.618. The first kappa shape index (κ1) is 20.3. The van der Waals surface area contributed by atoms with E-state index >= 15 is 0 Å². The molecule has 3 aromatic rings. The minimum atomic E-state index is -0.453. The molecule has 0 radical (unpaired) electrons. The van der Waals surface area contributed by atoms with Gasteiger partial charge in [-0.25, -0.2) is 9.97 Å². The molecule has 1 heterocycles. The average molecular weight is 442 g/mol. The molecule has 30 heavy (non-hydrogen) atoms. The van der Waals surface area contributed by atoms with Gasteiger partial charge in [-0.1, -0.05) is 35.3 Å². The minimum Gasteiger partial charge on any atom is -0.497 e. The van der Waals surface area contributed by atoms with Crippen molar-refractivity contribution in [3.05, 3.63) is 81.1 Å². The first-order valence-corrected chi connectivity index (χ1v) is 9.99. The number of fused-ring (bicyclic) bond motifs is 1. The van der Waals surface area contributed by atoms with E-state index in [2.05, 4.69) is 15.3 Å². The molecule has 1 unspecified atom stereocenters. The van der Waals surface area contributed by atoms with Crippen LogP contribution in [0.4, 0.5) is 5.95 Å². The first-order chi connectivity index (χ1) is 14.4. The number of amides is 1. The molecule has 1 aliphatic rings. The highest BCUT2D eigenvalue weighted by Gasteiger charge is 2.28. The number of hydrogen-bond acceptors (Lipinski definition) is 5. The van der Waals surface area contributed by atoms with Gasteiger partial charge in [0.1, 0.15) is 5.75 Å². The number of carbonyl (C=O) groups excluding carboxylic acids is 2. The van der Waals surface area contributed by atoms with Crippen LogP contribution in [-0.2, 0) is 6.42 Å². The molecular weight excluding hydrogens is 425 g/mol. The summed E-state index contributed by atoms with van der Waals surface area (Å²) in [4.78, 5) is 33.7. The van der Waals surface area contributed by atoms with E-state index in [1.807, 2.05) is 24.3 Å². The van der Waals surface area contributed by atoms with Crippen molar-refractivity contribution in [3.8, 4) is 5.75 Å². The largest absolute Gasteiger partial charge is 0.497 e. The van der Waals surface area contributed by atoms with Crippen LogP contribution in [0, 0.1) is 0 Å². The van der Waals surface area contributed by atoms with Crippen LogP contribution in [0.5, 0.6) is 5.75 Å². The predicted octanol–water partition coefficient (Wildman–Crippen LogP) is 4.96. The maximum atomic E-state index is 12.6. The molecule has 1 atom stereocenters. The Hall–Kier alpha value is -2.96. The van der Waals surface area contributed by atoms with Crippen LogP contribution >= 0.6 is 23.2 Å². The minimum absolute atomic E-state index is 0.0000623. The Labute approximate surface area is 183 Å². The highest BCUT2D eigenvalue weighted by atomic mass is 35.5. The number of Topliss-reactive ketones (excluding diaryl/α,β-unsaturated/α-hetero) is 1. The summed E-state index contributed by atoms with van der Waals surface area (Å²) in [6.45, 7) is 0. The highest BCUT2D eigenvalue weighted by Crippen LogP contribution is 2.33. The Morgan fingerprint density at radius 2 is 1.90 bits per heavy atom. The Balaban J connectivity index is 1.56. The summed E-state index contributed by atoms with van der Waals surface area (Å²) in [6.07, 6.45) is 2.42. The van der Waals surface area contributed by atoms with Gasteiger partial charge in [-0.2, -0.15) is 0 Å². The normalized spacial score (nSPS) is 15.4. The third-order valence-electron chi connectivity index (χ3n) is 5.03. The summed E-state index contributed by atoms with van der Waals surface area (Å²) < 4.78 is 5.19. The number of anilines is 1. The van der Waals surface area contributed by atoms with Crippen molar-refractivity contribution >= 4 is 40.8 Å². The maximum absolute atomic E-state index is 12.6. The fourth-order valence-electron chi connectivity index (χ4n) is 3.46. The third kappa shape index (κ3) is 4.15. The molecule has 1 N–H and O–H groups in total. The van der Waals surface area contributed by atoms with Crippen molar-refractivity contribution in [1.29, 1.82) is 0 Å². The fraction of sp³-hybridized carbons (Fsp3) is 0.182. The van der Waals surface area contributed by atoms with Gasteiger partial charge in [0.25, 0.3) is 5.91 Å². The van der Waals surface area contributed by atoms with Gasteiger partial charge in [0.2, 0.25) is 5.95 Å². The van der Waals surface area contributed by atoms with E-state index in [4.69, 9.17) is 27.9 Å². The molecule has 0 bridgehead atoms. The number of ether oxygens (including phenoxy) is 1. The van der Waals surface area contributed by atoms with Gasteiger partial charge in [0, 0.05) is 17.6 Å². The van der Waals surface area contributed by atoms with Crippen molar-refractivity contribution < 1.29 is 14.3 Å². The molecule has 1 aliphatic carbocycles. The van der Waals surface area contributed by atoms with Crippen molar-refractivity contribution in [3.63, 3.8) is 0 Å². The molecule has 0 aliphatic heterocycles. The molecule has 8 heteroatoms. The van der Waals surface area contributed by atoms with E-state index in [0.717, 1.165) is 11.3 Å². The van der Waals surface area contributed by atoms with Crippen molar-refractivity contribution in [1.82, 2.24) is 9.97 Å². The Kier molecular flexibility index (Phi) is 5.70. The standard InChI is InChI=1S/C22H17Cl2N3O3/c1-30-15-5-2-12(3-6-15)13-8-19-17(20(28)9-13)11-25-22(26-19)27-21(29)16-7-4-14(23)10-18(16)24/h2-7,10-11,13H,8-9H2,1H3,(H,25,26,27,29). The highest BCUT2D eigenvalue weighted by molar-refractivity contribution is 6.37. The van der Waals surface area contributed by atoms with E-state index < -0.39 is 5.91 Å². The Morgan fingerprint density at radius 1 is 1.13 bits per heavy atom. The lowest BCUT2D eigenvalue weighted by Crippen LogP contribution is -2.22. The van der Waals surface area contributed by atoms with Crippen LogP contribution < -0.4 is 10.1 Å². The van der Waals surface area contributed by atoms with Gasteiger partial charge in [0.05, 0.1) is 29.0 Å². The van der Waals surface area contributed by atoms with Crippen LogP contribution in [0.25, 0.3) is 0 Å².